The molecule has 2 aliphatic rings. The fraction of sp³-hybridized carbons (Fsp3) is 0.286. The van der Waals surface area contributed by atoms with Gasteiger partial charge in [0.2, 0.25) is 0 Å². The van der Waals surface area contributed by atoms with E-state index in [1.165, 1.54) is 26.6 Å². The number of esters is 1. The first kappa shape index (κ1) is 19.7. The molecule has 10 heteroatoms. The van der Waals surface area contributed by atoms with Gasteiger partial charge >= 0.3 is 16.2 Å². The largest absolute Gasteiger partial charge is 0.462 e. The normalized spacial score (nSPS) is 18.3. The van der Waals surface area contributed by atoms with Crippen molar-refractivity contribution in [3.8, 4) is 0 Å². The zero-order valence-corrected chi connectivity index (χ0v) is 17.9. The highest BCUT2D eigenvalue weighted by atomic mass is 32.2. The molecule has 0 N–H and O–H groups in total. The number of hydrogen-bond donors (Lipinski definition) is 0. The Balaban J connectivity index is 1.67. The molecule has 0 saturated carbocycles. The number of fused-ring (bicyclic) bond motifs is 2. The van der Waals surface area contributed by atoms with Crippen molar-refractivity contribution < 1.29 is 17.9 Å². The number of imidazole rings is 2. The highest BCUT2D eigenvalue weighted by molar-refractivity contribution is 7.87. The maximum absolute atomic E-state index is 12.6. The summed E-state index contributed by atoms with van der Waals surface area (Å²) in [5.74, 6) is -0.506. The van der Waals surface area contributed by atoms with Crippen molar-refractivity contribution in [1.29, 1.82) is 0 Å². The van der Waals surface area contributed by atoms with Gasteiger partial charge in [0.15, 0.2) is 0 Å². The van der Waals surface area contributed by atoms with E-state index in [2.05, 4.69) is 9.97 Å². The standard InChI is InChI=1S/C21H21N5O4S/c1-24(2)31(28,29)26-10-17(23-13-26)19-18-15(11-30-21(18)27)8-16-20(19)25(12-22-16)9-14-6-4-3-5-7-14/h3-7,10,12-13,15H,8-9,11H2,1-2H3. The molecule has 5 rings (SSSR count). The Hall–Kier alpha value is -3.24. The van der Waals surface area contributed by atoms with Gasteiger partial charge in [-0.25, -0.2) is 18.7 Å². The smallest absolute Gasteiger partial charge is 0.335 e. The second-order valence-corrected chi connectivity index (χ2v) is 9.87. The van der Waals surface area contributed by atoms with Gasteiger partial charge in [0.1, 0.15) is 6.33 Å². The van der Waals surface area contributed by atoms with E-state index in [-0.39, 0.29) is 11.9 Å². The maximum atomic E-state index is 12.6. The van der Waals surface area contributed by atoms with E-state index in [0.29, 0.717) is 36.4 Å². The minimum atomic E-state index is -3.73. The average molecular weight is 439 g/mol. The monoisotopic (exact) mass is 439 g/mol. The molecule has 1 unspecified atom stereocenters. The Bertz CT molecular complexity index is 1300. The van der Waals surface area contributed by atoms with Crippen LogP contribution in [0.5, 0.6) is 0 Å². The molecule has 1 saturated heterocycles. The molecule has 1 aliphatic carbocycles. The van der Waals surface area contributed by atoms with Gasteiger partial charge in [0.05, 0.1) is 35.6 Å². The molecule has 9 nitrogen and oxygen atoms in total. The Labute approximate surface area is 179 Å². The van der Waals surface area contributed by atoms with Crippen LogP contribution in [-0.4, -0.2) is 57.9 Å². The lowest BCUT2D eigenvalue weighted by Gasteiger charge is -2.21. The Morgan fingerprint density at radius 1 is 1.16 bits per heavy atom. The second-order valence-electron chi connectivity index (χ2n) is 7.82. The molecule has 1 atom stereocenters. The Morgan fingerprint density at radius 2 is 1.94 bits per heavy atom. The molecule has 0 spiro atoms. The SMILES string of the molecule is CN(C)S(=O)(=O)n1cnc(C2=C3C(=O)OCC3Cc3ncn(Cc4ccccc4)c32)c1. The molecule has 31 heavy (non-hydrogen) atoms. The van der Waals surface area contributed by atoms with Crippen molar-refractivity contribution >= 4 is 21.8 Å². The summed E-state index contributed by atoms with van der Waals surface area (Å²) in [6, 6.07) is 9.93. The van der Waals surface area contributed by atoms with Crippen LogP contribution in [-0.2, 0) is 32.7 Å². The van der Waals surface area contributed by atoms with E-state index >= 15 is 0 Å². The van der Waals surface area contributed by atoms with Crippen LogP contribution in [0, 0.1) is 5.92 Å². The molecule has 1 aromatic carbocycles. The van der Waals surface area contributed by atoms with Crippen molar-refractivity contribution in [3.05, 3.63) is 77.4 Å². The summed E-state index contributed by atoms with van der Waals surface area (Å²) in [5.41, 5.74) is 4.25. The van der Waals surface area contributed by atoms with Crippen LogP contribution >= 0.6 is 0 Å². The van der Waals surface area contributed by atoms with Gasteiger partial charge in [-0.2, -0.15) is 12.7 Å². The van der Waals surface area contributed by atoms with Gasteiger partial charge in [0.25, 0.3) is 0 Å². The van der Waals surface area contributed by atoms with Crippen LogP contribution in [0.1, 0.15) is 22.6 Å². The molecular formula is C21H21N5O4S. The second kappa shape index (κ2) is 7.17. The van der Waals surface area contributed by atoms with E-state index in [4.69, 9.17) is 4.74 Å². The van der Waals surface area contributed by atoms with Crippen molar-refractivity contribution in [3.63, 3.8) is 0 Å². The molecule has 160 valence electrons. The molecular weight excluding hydrogens is 418 g/mol. The summed E-state index contributed by atoms with van der Waals surface area (Å²) in [6.07, 6.45) is 5.05. The summed E-state index contributed by atoms with van der Waals surface area (Å²) < 4.78 is 34.6. The minimum absolute atomic E-state index is 0.120. The van der Waals surface area contributed by atoms with E-state index in [1.54, 1.807) is 6.33 Å². The summed E-state index contributed by atoms with van der Waals surface area (Å²) in [5, 5.41) is 0. The first-order chi connectivity index (χ1) is 14.9. The topological polar surface area (TPSA) is 99.3 Å². The van der Waals surface area contributed by atoms with Gasteiger partial charge in [-0.15, -0.1) is 0 Å². The number of carbonyl (C=O) groups excluding carboxylic acids is 1. The van der Waals surface area contributed by atoms with Crippen LogP contribution in [0.15, 0.2) is 54.8 Å². The summed E-state index contributed by atoms with van der Waals surface area (Å²) in [6.45, 7) is 0.857. The zero-order chi connectivity index (χ0) is 21.8. The minimum Gasteiger partial charge on any atom is -0.462 e. The quantitative estimate of drug-likeness (QED) is 0.556. The molecule has 1 aliphatic heterocycles. The van der Waals surface area contributed by atoms with Gasteiger partial charge < -0.3 is 9.30 Å². The van der Waals surface area contributed by atoms with Crippen molar-refractivity contribution in [2.45, 2.75) is 13.0 Å². The lowest BCUT2D eigenvalue weighted by molar-refractivity contribution is -0.135. The van der Waals surface area contributed by atoms with Crippen LogP contribution in [0.3, 0.4) is 0 Å². The fourth-order valence-electron chi connectivity index (χ4n) is 4.10. The number of benzene rings is 1. The summed E-state index contributed by atoms with van der Waals surface area (Å²) >= 11 is 0. The van der Waals surface area contributed by atoms with Crippen molar-refractivity contribution in [1.82, 2.24) is 22.8 Å². The summed E-state index contributed by atoms with van der Waals surface area (Å²) in [7, 11) is -0.820. The van der Waals surface area contributed by atoms with Crippen molar-refractivity contribution in [2.75, 3.05) is 20.7 Å². The highest BCUT2D eigenvalue weighted by Gasteiger charge is 2.41. The Kier molecular flexibility index (Phi) is 4.56. The fourth-order valence-corrected chi connectivity index (χ4v) is 4.88. The van der Waals surface area contributed by atoms with Crippen LogP contribution in [0.4, 0.5) is 0 Å². The van der Waals surface area contributed by atoms with E-state index in [1.807, 2.05) is 34.9 Å². The third kappa shape index (κ3) is 3.19. The number of hydrogen-bond acceptors (Lipinski definition) is 6. The third-order valence-electron chi connectivity index (χ3n) is 5.64. The van der Waals surface area contributed by atoms with Gasteiger partial charge in [0, 0.05) is 44.7 Å². The van der Waals surface area contributed by atoms with Gasteiger partial charge in [-0.1, -0.05) is 30.3 Å². The van der Waals surface area contributed by atoms with E-state index in [9.17, 15) is 13.2 Å². The molecule has 1 fully saturated rings. The van der Waals surface area contributed by atoms with Gasteiger partial charge in [-0.05, 0) is 5.56 Å². The van der Waals surface area contributed by atoms with Gasteiger partial charge in [-0.3, -0.25) is 0 Å². The third-order valence-corrected chi connectivity index (χ3v) is 7.30. The van der Waals surface area contributed by atoms with E-state index < -0.39 is 10.2 Å². The number of cyclic esters (lactones) is 1. The highest BCUT2D eigenvalue weighted by Crippen LogP contribution is 2.41. The molecule has 0 bridgehead atoms. The zero-order valence-electron chi connectivity index (χ0n) is 17.1. The lowest BCUT2D eigenvalue weighted by Crippen LogP contribution is -2.27. The summed E-state index contributed by atoms with van der Waals surface area (Å²) in [4.78, 5) is 21.6. The number of rotatable bonds is 5. The number of ether oxygens (including phenoxy) is 1. The predicted molar refractivity (Wildman–Crippen MR) is 112 cm³/mol. The molecule has 3 aromatic rings. The first-order valence-electron chi connectivity index (χ1n) is 9.83. The molecule has 0 amide bonds. The van der Waals surface area contributed by atoms with Crippen LogP contribution in [0.25, 0.3) is 5.57 Å². The molecule has 3 heterocycles. The number of nitrogens with zero attached hydrogens (tertiary/aromatic N) is 5. The molecule has 2 aromatic heterocycles. The van der Waals surface area contributed by atoms with Crippen molar-refractivity contribution in [2.24, 2.45) is 5.92 Å². The number of carbonyl (C=O) groups is 1. The van der Waals surface area contributed by atoms with Crippen LogP contribution < -0.4 is 0 Å². The first-order valence-corrected chi connectivity index (χ1v) is 11.2. The maximum Gasteiger partial charge on any atom is 0.335 e. The van der Waals surface area contributed by atoms with E-state index in [0.717, 1.165) is 25.2 Å². The predicted octanol–water partition coefficient (Wildman–Crippen LogP) is 1.31. The lowest BCUT2D eigenvalue weighted by atomic mass is 9.83. The average Bonchev–Trinajstić information content (AvgIpc) is 3.47. The number of aromatic nitrogens is 4. The van der Waals surface area contributed by atoms with Crippen LogP contribution in [0.2, 0.25) is 0 Å². The Morgan fingerprint density at radius 3 is 2.68 bits per heavy atom. The molecule has 0 radical (unpaired) electrons.